The summed E-state index contributed by atoms with van der Waals surface area (Å²) < 4.78 is 38.9. The quantitative estimate of drug-likeness (QED) is 0.683. The molecule has 0 saturated carbocycles. The summed E-state index contributed by atoms with van der Waals surface area (Å²) in [6, 6.07) is 7.21. The van der Waals surface area contributed by atoms with Gasteiger partial charge < -0.3 is 33.2 Å². The molecule has 2 fully saturated rings. The van der Waals surface area contributed by atoms with Gasteiger partial charge in [0.15, 0.2) is 24.8 Å². The van der Waals surface area contributed by atoms with Gasteiger partial charge in [-0.3, -0.25) is 9.59 Å². The van der Waals surface area contributed by atoms with Crippen LogP contribution in [-0.4, -0.2) is 63.5 Å². The normalized spacial score (nSPS) is 32.1. The second kappa shape index (κ2) is 8.87. The molecule has 1 aromatic carbocycles. The summed E-state index contributed by atoms with van der Waals surface area (Å²) in [5.74, 6) is -0.382. The molecule has 0 radical (unpaired) electrons. The standard InChI is InChI=1S/C19H24O9/c1-10(20)25-16-15-14(27-19(23-4)17(16)26-11(2)21)9-24-18(28-15)12-5-7-13(22-3)8-6-12/h5-8,14-19H,9H2,1-4H3/t14-,15-,16+,17-,18+,19+/m1/s1. The molecule has 9 heteroatoms. The van der Waals surface area contributed by atoms with Gasteiger partial charge in [-0.05, 0) is 12.1 Å². The van der Waals surface area contributed by atoms with E-state index in [4.69, 9.17) is 33.2 Å². The number of methoxy groups -OCH3 is 2. The monoisotopic (exact) mass is 396 g/mol. The summed E-state index contributed by atoms with van der Waals surface area (Å²) in [6.07, 6.45) is -4.77. The number of carbonyl (C=O) groups excluding carboxylic acids is 2. The van der Waals surface area contributed by atoms with Crippen molar-refractivity contribution < 1.29 is 42.7 Å². The smallest absolute Gasteiger partial charge is 0.303 e. The van der Waals surface area contributed by atoms with Crippen LogP contribution >= 0.6 is 0 Å². The average Bonchev–Trinajstić information content (AvgIpc) is 2.68. The van der Waals surface area contributed by atoms with Crippen molar-refractivity contribution in [2.75, 3.05) is 20.8 Å². The van der Waals surface area contributed by atoms with E-state index in [1.807, 2.05) is 12.1 Å². The molecular formula is C19H24O9. The van der Waals surface area contributed by atoms with Gasteiger partial charge in [-0.1, -0.05) is 12.1 Å². The molecule has 0 aromatic heterocycles. The highest BCUT2D eigenvalue weighted by Gasteiger charge is 2.53. The van der Waals surface area contributed by atoms with Crippen molar-refractivity contribution in [3.63, 3.8) is 0 Å². The lowest BCUT2D eigenvalue weighted by Crippen LogP contribution is -2.64. The highest BCUT2D eigenvalue weighted by atomic mass is 16.8. The third kappa shape index (κ3) is 4.44. The molecule has 28 heavy (non-hydrogen) atoms. The summed E-state index contributed by atoms with van der Waals surface area (Å²) in [6.45, 7) is 2.72. The van der Waals surface area contributed by atoms with Crippen LogP contribution in [-0.2, 0) is 38.0 Å². The van der Waals surface area contributed by atoms with E-state index >= 15 is 0 Å². The van der Waals surface area contributed by atoms with Crippen LogP contribution in [0.2, 0.25) is 0 Å². The van der Waals surface area contributed by atoms with Crippen LogP contribution in [0.4, 0.5) is 0 Å². The van der Waals surface area contributed by atoms with Crippen LogP contribution in [0.15, 0.2) is 24.3 Å². The summed E-state index contributed by atoms with van der Waals surface area (Å²) in [7, 11) is 2.99. The number of rotatable bonds is 5. The van der Waals surface area contributed by atoms with E-state index < -0.39 is 48.9 Å². The van der Waals surface area contributed by atoms with E-state index in [0.717, 1.165) is 5.56 Å². The zero-order valence-electron chi connectivity index (χ0n) is 16.2. The maximum absolute atomic E-state index is 11.7. The predicted molar refractivity (Wildman–Crippen MR) is 93.3 cm³/mol. The van der Waals surface area contributed by atoms with Crippen LogP contribution in [0.1, 0.15) is 25.7 Å². The van der Waals surface area contributed by atoms with E-state index in [9.17, 15) is 9.59 Å². The molecule has 0 amide bonds. The van der Waals surface area contributed by atoms with Crippen molar-refractivity contribution in [1.82, 2.24) is 0 Å². The minimum Gasteiger partial charge on any atom is -0.497 e. The van der Waals surface area contributed by atoms with E-state index in [-0.39, 0.29) is 6.61 Å². The second-order valence-corrected chi connectivity index (χ2v) is 6.47. The number of hydrogen-bond acceptors (Lipinski definition) is 9. The van der Waals surface area contributed by atoms with Crippen molar-refractivity contribution in [2.24, 2.45) is 0 Å². The Labute approximate surface area is 162 Å². The summed E-state index contributed by atoms with van der Waals surface area (Å²) >= 11 is 0. The number of ether oxygens (including phenoxy) is 7. The number of benzene rings is 1. The Kier molecular flexibility index (Phi) is 6.50. The number of hydrogen-bond donors (Lipinski definition) is 0. The van der Waals surface area contributed by atoms with Crippen LogP contribution in [0.5, 0.6) is 5.75 Å². The van der Waals surface area contributed by atoms with Gasteiger partial charge in [-0.25, -0.2) is 0 Å². The molecule has 0 bridgehead atoms. The summed E-state index contributed by atoms with van der Waals surface area (Å²) in [5, 5.41) is 0. The van der Waals surface area contributed by atoms with Gasteiger partial charge in [0.25, 0.3) is 0 Å². The van der Waals surface area contributed by atoms with Crippen LogP contribution in [0.3, 0.4) is 0 Å². The minimum atomic E-state index is -0.970. The number of carbonyl (C=O) groups is 2. The lowest BCUT2D eigenvalue weighted by molar-refractivity contribution is -0.359. The Bertz CT molecular complexity index is 689. The van der Waals surface area contributed by atoms with E-state index in [1.54, 1.807) is 19.2 Å². The van der Waals surface area contributed by atoms with Crippen LogP contribution < -0.4 is 4.74 Å². The molecule has 3 rings (SSSR count). The fraction of sp³-hybridized carbons (Fsp3) is 0.579. The topological polar surface area (TPSA) is 98.8 Å². The lowest BCUT2D eigenvalue weighted by Gasteiger charge is -2.47. The highest BCUT2D eigenvalue weighted by Crippen LogP contribution is 2.36. The molecule has 2 heterocycles. The molecule has 0 unspecified atom stereocenters. The zero-order chi connectivity index (χ0) is 20.3. The molecule has 2 saturated heterocycles. The molecule has 2 aliphatic rings. The molecule has 0 aliphatic carbocycles. The Hall–Kier alpha value is -2.20. The molecular weight excluding hydrogens is 372 g/mol. The minimum absolute atomic E-state index is 0.186. The van der Waals surface area contributed by atoms with Gasteiger partial charge in [-0.2, -0.15) is 0 Å². The second-order valence-electron chi connectivity index (χ2n) is 6.47. The fourth-order valence-electron chi connectivity index (χ4n) is 3.31. The molecule has 9 nitrogen and oxygen atoms in total. The lowest BCUT2D eigenvalue weighted by atomic mass is 9.97. The largest absolute Gasteiger partial charge is 0.497 e. The first-order valence-corrected chi connectivity index (χ1v) is 8.86. The van der Waals surface area contributed by atoms with Gasteiger partial charge in [0.05, 0.1) is 13.7 Å². The number of fused-ring (bicyclic) bond motifs is 1. The predicted octanol–water partition coefficient (Wildman–Crippen LogP) is 1.34. The van der Waals surface area contributed by atoms with E-state index in [1.165, 1.54) is 21.0 Å². The van der Waals surface area contributed by atoms with Gasteiger partial charge in [0.1, 0.15) is 18.0 Å². The molecule has 0 N–H and O–H groups in total. The molecule has 6 atom stereocenters. The third-order valence-corrected chi connectivity index (χ3v) is 4.51. The number of esters is 2. The van der Waals surface area contributed by atoms with Crippen molar-refractivity contribution in [3.8, 4) is 5.75 Å². The zero-order valence-corrected chi connectivity index (χ0v) is 16.2. The Morgan fingerprint density at radius 1 is 0.964 bits per heavy atom. The summed E-state index contributed by atoms with van der Waals surface area (Å²) in [4.78, 5) is 23.2. The Morgan fingerprint density at radius 2 is 1.61 bits per heavy atom. The first-order valence-electron chi connectivity index (χ1n) is 8.86. The van der Waals surface area contributed by atoms with Crippen molar-refractivity contribution in [1.29, 1.82) is 0 Å². The molecule has 2 aliphatic heterocycles. The molecule has 1 aromatic rings. The molecule has 154 valence electrons. The highest BCUT2D eigenvalue weighted by molar-refractivity contribution is 5.67. The first kappa shape index (κ1) is 20.5. The maximum Gasteiger partial charge on any atom is 0.303 e. The van der Waals surface area contributed by atoms with Crippen molar-refractivity contribution in [3.05, 3.63) is 29.8 Å². The van der Waals surface area contributed by atoms with Crippen LogP contribution in [0, 0.1) is 0 Å². The van der Waals surface area contributed by atoms with Crippen molar-refractivity contribution in [2.45, 2.75) is 50.8 Å². The van der Waals surface area contributed by atoms with E-state index in [0.29, 0.717) is 5.75 Å². The van der Waals surface area contributed by atoms with Crippen LogP contribution in [0.25, 0.3) is 0 Å². The van der Waals surface area contributed by atoms with Crippen molar-refractivity contribution >= 4 is 11.9 Å². The van der Waals surface area contributed by atoms with Gasteiger partial charge >= 0.3 is 11.9 Å². The third-order valence-electron chi connectivity index (χ3n) is 4.51. The maximum atomic E-state index is 11.7. The first-order chi connectivity index (χ1) is 13.4. The SMILES string of the molecule is COc1ccc([C@H]2OC[C@H]3O[C@H](OC)[C@H](OC(C)=O)[C@@H](OC(C)=O)[C@@H]3O2)cc1. The molecule has 0 spiro atoms. The Morgan fingerprint density at radius 3 is 2.18 bits per heavy atom. The fourth-order valence-corrected chi connectivity index (χ4v) is 3.31. The van der Waals surface area contributed by atoms with E-state index in [2.05, 4.69) is 0 Å². The van der Waals surface area contributed by atoms with Gasteiger partial charge in [0, 0.05) is 26.5 Å². The average molecular weight is 396 g/mol. The Balaban J connectivity index is 1.84. The van der Waals surface area contributed by atoms with Gasteiger partial charge in [0.2, 0.25) is 0 Å². The summed E-state index contributed by atoms with van der Waals surface area (Å²) in [5.41, 5.74) is 0.763. The van der Waals surface area contributed by atoms with Gasteiger partial charge in [-0.15, -0.1) is 0 Å².